The van der Waals surface area contributed by atoms with Gasteiger partial charge in [-0.3, -0.25) is 4.79 Å². The van der Waals surface area contributed by atoms with Crippen LogP contribution in [0.3, 0.4) is 0 Å². The molecule has 4 aliphatic rings. The van der Waals surface area contributed by atoms with Crippen molar-refractivity contribution in [3.8, 4) is 23.0 Å². The molecule has 14 heteroatoms. The van der Waals surface area contributed by atoms with Crippen LogP contribution in [0.2, 0.25) is 0 Å². The summed E-state index contributed by atoms with van der Waals surface area (Å²) >= 11 is 0. The van der Waals surface area contributed by atoms with Crippen LogP contribution in [-0.2, 0) is 38.6 Å². The molecule has 2 N–H and O–H groups in total. The second-order valence-electron chi connectivity index (χ2n) is 14.0. The number of rotatable bonds is 4. The Kier molecular flexibility index (Phi) is 17.5. The molecule has 324 valence electrons. The van der Waals surface area contributed by atoms with E-state index in [1.165, 1.54) is 0 Å². The summed E-state index contributed by atoms with van der Waals surface area (Å²) in [6.45, 7) is 4.06. The SMILES string of the molecule is O=C(O)c1ccc(C=Cc2cc3c4cc2OCCOCCOCCOCCOc2ccc(cc2)OCC(C(=O)O)(COCCOCCOCCO3)c2ccc(cc2)C=C4)cc1. The molecule has 0 aromatic heterocycles. The maximum atomic E-state index is 13.2. The van der Waals surface area contributed by atoms with Crippen molar-refractivity contribution in [2.24, 2.45) is 0 Å². The van der Waals surface area contributed by atoms with Crippen molar-refractivity contribution in [3.05, 3.63) is 118 Å². The van der Waals surface area contributed by atoms with Gasteiger partial charge < -0.3 is 57.6 Å². The molecule has 1 unspecified atom stereocenters. The molecule has 4 aromatic carbocycles. The fourth-order valence-corrected chi connectivity index (χ4v) is 6.29. The van der Waals surface area contributed by atoms with Crippen LogP contribution in [-0.4, -0.2) is 128 Å². The highest BCUT2D eigenvalue weighted by Gasteiger charge is 2.42. The predicted octanol–water partition coefficient (Wildman–Crippen LogP) is 6.39. The molecule has 0 radical (unpaired) electrons. The van der Waals surface area contributed by atoms with Crippen LogP contribution in [0.5, 0.6) is 23.0 Å². The Morgan fingerprint density at radius 1 is 0.492 bits per heavy atom. The number of benzene rings is 4. The first-order chi connectivity index (χ1) is 29.9. The summed E-state index contributed by atoms with van der Waals surface area (Å²) < 4.78 is 59.0. The van der Waals surface area contributed by atoms with Gasteiger partial charge in [0.05, 0.1) is 84.8 Å². The zero-order valence-corrected chi connectivity index (χ0v) is 34.0. The average Bonchev–Trinajstić information content (AvgIpc) is 3.27. The smallest absolute Gasteiger partial charge is 0.335 e. The Morgan fingerprint density at radius 3 is 1.59 bits per heavy atom. The minimum atomic E-state index is -1.55. The first kappa shape index (κ1) is 44.8. The van der Waals surface area contributed by atoms with Crippen LogP contribution in [0.25, 0.3) is 24.3 Å². The van der Waals surface area contributed by atoms with Gasteiger partial charge >= 0.3 is 11.9 Å². The summed E-state index contributed by atoms with van der Waals surface area (Å²) in [5.74, 6) is 0.130. The number of carboxylic acids is 2. The van der Waals surface area contributed by atoms with E-state index in [9.17, 15) is 19.8 Å². The fourth-order valence-electron chi connectivity index (χ4n) is 6.29. The second kappa shape index (κ2) is 23.9. The Hall–Kier alpha value is -5.74. The van der Waals surface area contributed by atoms with Crippen molar-refractivity contribution in [1.29, 1.82) is 0 Å². The van der Waals surface area contributed by atoms with Crippen molar-refractivity contribution in [3.63, 3.8) is 0 Å². The van der Waals surface area contributed by atoms with Crippen LogP contribution in [0.15, 0.2) is 84.9 Å². The number of ether oxygens (including phenoxy) is 10. The van der Waals surface area contributed by atoms with Crippen molar-refractivity contribution in [2.45, 2.75) is 5.41 Å². The van der Waals surface area contributed by atoms with Gasteiger partial charge in [-0.05, 0) is 65.2 Å². The maximum absolute atomic E-state index is 13.2. The molecule has 0 saturated heterocycles. The molecule has 0 saturated carbocycles. The van der Waals surface area contributed by atoms with Crippen LogP contribution in [0.4, 0.5) is 0 Å². The number of hydrogen-bond acceptors (Lipinski definition) is 12. The number of fused-ring (bicyclic) bond motifs is 26. The third kappa shape index (κ3) is 13.9. The average molecular weight is 841 g/mol. The van der Waals surface area contributed by atoms with E-state index in [-0.39, 0.29) is 45.2 Å². The van der Waals surface area contributed by atoms with E-state index in [1.807, 2.05) is 48.6 Å². The first-order valence-corrected chi connectivity index (χ1v) is 20.2. The molecule has 7 bridgehead atoms. The molecule has 0 amide bonds. The molecule has 4 aromatic rings. The van der Waals surface area contributed by atoms with Crippen molar-refractivity contribution in [1.82, 2.24) is 0 Å². The van der Waals surface area contributed by atoms with Gasteiger partial charge in [0.15, 0.2) is 0 Å². The Morgan fingerprint density at radius 2 is 1.02 bits per heavy atom. The molecule has 1 atom stereocenters. The van der Waals surface area contributed by atoms with E-state index in [1.54, 1.807) is 60.7 Å². The number of carboxylic acid groups (broad SMARTS) is 2. The van der Waals surface area contributed by atoms with E-state index < -0.39 is 17.4 Å². The summed E-state index contributed by atoms with van der Waals surface area (Å²) in [7, 11) is 0. The Balaban J connectivity index is 1.33. The monoisotopic (exact) mass is 840 g/mol. The number of carbonyl (C=O) groups is 2. The first-order valence-electron chi connectivity index (χ1n) is 20.2. The molecule has 14 nitrogen and oxygen atoms in total. The molecule has 4 aliphatic heterocycles. The molecule has 0 aliphatic carbocycles. The highest BCUT2D eigenvalue weighted by molar-refractivity contribution is 5.88. The molecule has 0 spiro atoms. The summed E-state index contributed by atoms with van der Waals surface area (Å²) in [5, 5.41) is 20.1. The van der Waals surface area contributed by atoms with Crippen LogP contribution in [0.1, 0.15) is 38.2 Å². The lowest BCUT2D eigenvalue weighted by molar-refractivity contribution is -0.148. The summed E-state index contributed by atoms with van der Waals surface area (Å²) in [6.07, 6.45) is 7.56. The van der Waals surface area contributed by atoms with Crippen molar-refractivity contribution in [2.75, 3.05) is 106 Å². The van der Waals surface area contributed by atoms with Gasteiger partial charge in [0.2, 0.25) is 0 Å². The summed E-state index contributed by atoms with van der Waals surface area (Å²) in [5.41, 5.74) is 2.19. The van der Waals surface area contributed by atoms with Gasteiger partial charge in [-0.25, -0.2) is 4.79 Å². The molecule has 8 rings (SSSR count). The molecule has 61 heavy (non-hydrogen) atoms. The van der Waals surface area contributed by atoms with E-state index in [0.717, 1.165) is 22.3 Å². The van der Waals surface area contributed by atoms with Gasteiger partial charge in [-0.2, -0.15) is 0 Å². The minimum absolute atomic E-state index is 0.160. The number of aliphatic carboxylic acids is 1. The maximum Gasteiger partial charge on any atom is 0.335 e. The fraction of sp³-hybridized carbons (Fsp3) is 0.362. The zero-order valence-electron chi connectivity index (χ0n) is 34.0. The zero-order chi connectivity index (χ0) is 42.5. The lowest BCUT2D eigenvalue weighted by Gasteiger charge is -2.30. The molecular weight excluding hydrogens is 789 g/mol. The minimum Gasteiger partial charge on any atom is -0.492 e. The van der Waals surface area contributed by atoms with Gasteiger partial charge in [-0.15, -0.1) is 0 Å². The Labute approximate surface area is 355 Å². The van der Waals surface area contributed by atoms with Gasteiger partial charge in [0.25, 0.3) is 0 Å². The topological polar surface area (TPSA) is 167 Å². The molecule has 4 heterocycles. The lowest BCUT2D eigenvalue weighted by atomic mass is 9.81. The predicted molar refractivity (Wildman–Crippen MR) is 227 cm³/mol. The van der Waals surface area contributed by atoms with Gasteiger partial charge in [0.1, 0.15) is 54.8 Å². The largest absolute Gasteiger partial charge is 0.492 e. The normalized spacial score (nSPS) is 19.4. The molecular formula is C47H52O14. The van der Waals surface area contributed by atoms with Gasteiger partial charge in [0, 0.05) is 11.1 Å². The highest BCUT2D eigenvalue weighted by Crippen LogP contribution is 2.33. The van der Waals surface area contributed by atoms with Crippen LogP contribution < -0.4 is 18.9 Å². The van der Waals surface area contributed by atoms with E-state index in [4.69, 9.17) is 47.4 Å². The third-order valence-corrected chi connectivity index (χ3v) is 9.70. The van der Waals surface area contributed by atoms with Crippen molar-refractivity contribution >= 4 is 36.2 Å². The standard InChI is InChI=1S/C47H52O14/c48-45(49)37-7-1-35(2-8-37)3-9-38-31-44-39-10-4-36-5-11-40(12-6-36)47(46(50)51,33-57-24-23-53-19-22-56-27-30-60-44)34-61-42-15-13-41(14-16-42)58-28-25-54-20-17-52-18-21-55-26-29-59-43(38)32-39/h1-16,31-32H,17-30,33-34H2,(H,48,49)(H,50,51). The Bertz CT molecular complexity index is 2030. The van der Waals surface area contributed by atoms with Crippen LogP contribution in [0, 0.1) is 0 Å². The highest BCUT2D eigenvalue weighted by atomic mass is 16.6. The van der Waals surface area contributed by atoms with Crippen LogP contribution >= 0.6 is 0 Å². The molecule has 0 fully saturated rings. The summed E-state index contributed by atoms with van der Waals surface area (Å²) in [6, 6.07) is 24.6. The van der Waals surface area contributed by atoms with Crippen molar-refractivity contribution < 1.29 is 67.2 Å². The number of aromatic carboxylic acids is 1. The van der Waals surface area contributed by atoms with E-state index in [2.05, 4.69) is 0 Å². The van der Waals surface area contributed by atoms with E-state index in [0.29, 0.717) is 94.6 Å². The van der Waals surface area contributed by atoms with E-state index >= 15 is 0 Å². The second-order valence-corrected chi connectivity index (χ2v) is 14.0. The van der Waals surface area contributed by atoms with Gasteiger partial charge in [-0.1, -0.05) is 60.7 Å². The quantitative estimate of drug-likeness (QED) is 0.171. The third-order valence-electron chi connectivity index (χ3n) is 9.70. The number of hydrogen-bond donors (Lipinski definition) is 2. The lowest BCUT2D eigenvalue weighted by Crippen LogP contribution is -2.46. The summed E-state index contributed by atoms with van der Waals surface area (Å²) in [4.78, 5) is 24.6.